The first kappa shape index (κ1) is 13.0. The van der Waals surface area contributed by atoms with E-state index in [0.29, 0.717) is 5.95 Å². The first-order valence-electron chi connectivity index (χ1n) is 6.41. The number of aromatic nitrogens is 3. The van der Waals surface area contributed by atoms with E-state index < -0.39 is 0 Å². The number of nitrogens with one attached hydrogen (secondary N) is 1. The van der Waals surface area contributed by atoms with Gasteiger partial charge < -0.3 is 10.7 Å². The molecule has 0 bridgehead atoms. The Morgan fingerprint density at radius 2 is 1.80 bits per heavy atom. The highest BCUT2D eigenvalue weighted by molar-refractivity contribution is 7.99. The molecule has 0 aliphatic heterocycles. The molecule has 0 saturated carbocycles. The number of H-pyrrole nitrogens is 1. The summed E-state index contributed by atoms with van der Waals surface area (Å²) in [6.45, 7) is 6.36. The number of nitrogens with two attached hydrogens (primary N) is 1. The molecular weight excluding hydrogens is 268 g/mol. The maximum Gasteiger partial charge on any atom is 0.223 e. The van der Waals surface area contributed by atoms with Gasteiger partial charge in [0.2, 0.25) is 5.95 Å². The van der Waals surface area contributed by atoms with E-state index in [0.717, 1.165) is 16.1 Å². The Kier molecular flexibility index (Phi) is 3.14. The minimum absolute atomic E-state index is 0.296. The summed E-state index contributed by atoms with van der Waals surface area (Å²) < 4.78 is 0. The molecule has 102 valence electrons. The van der Waals surface area contributed by atoms with Crippen LogP contribution in [-0.4, -0.2) is 15.0 Å². The van der Waals surface area contributed by atoms with Crippen molar-refractivity contribution in [2.45, 2.75) is 30.7 Å². The van der Waals surface area contributed by atoms with Crippen molar-refractivity contribution in [3.63, 3.8) is 0 Å². The smallest absolute Gasteiger partial charge is 0.223 e. The normalized spacial score (nSPS) is 11.2. The van der Waals surface area contributed by atoms with Gasteiger partial charge in [-0.3, -0.25) is 0 Å². The monoisotopic (exact) mass is 284 g/mol. The Balaban J connectivity index is 2.12. The number of aryl methyl sites for hydroxylation is 3. The summed E-state index contributed by atoms with van der Waals surface area (Å²) in [6, 6.07) is 6.36. The predicted molar refractivity (Wildman–Crippen MR) is 83.1 cm³/mol. The minimum Gasteiger partial charge on any atom is -0.368 e. The van der Waals surface area contributed by atoms with Crippen molar-refractivity contribution in [3.8, 4) is 0 Å². The van der Waals surface area contributed by atoms with Gasteiger partial charge in [0.1, 0.15) is 10.7 Å². The molecule has 3 aromatic rings. The maximum atomic E-state index is 5.78. The second kappa shape index (κ2) is 4.83. The molecule has 1 aromatic carbocycles. The van der Waals surface area contributed by atoms with Crippen molar-refractivity contribution in [2.75, 3.05) is 5.73 Å². The van der Waals surface area contributed by atoms with E-state index in [1.165, 1.54) is 21.6 Å². The lowest BCUT2D eigenvalue weighted by molar-refractivity contribution is 1.10. The van der Waals surface area contributed by atoms with Gasteiger partial charge >= 0.3 is 0 Å². The molecule has 0 fully saturated rings. The van der Waals surface area contributed by atoms with Crippen molar-refractivity contribution in [1.29, 1.82) is 0 Å². The number of nitrogens with zero attached hydrogens (tertiary/aromatic N) is 2. The summed E-state index contributed by atoms with van der Waals surface area (Å²) in [4.78, 5) is 12.9. The number of hydrogen-bond acceptors (Lipinski definition) is 4. The van der Waals surface area contributed by atoms with Gasteiger partial charge in [-0.1, -0.05) is 29.5 Å². The Hall–Kier alpha value is -2.01. The number of fused-ring (bicyclic) bond motifs is 1. The first-order chi connectivity index (χ1) is 9.54. The standard InChI is InChI=1S/C15H16N4S/c1-8-6-9(2)12(10(3)7-8)20-14-11-4-5-17-13(11)18-15(16)19-14/h4-7H,1-3H3,(H3,16,17,18,19). The van der Waals surface area contributed by atoms with Gasteiger partial charge in [0.15, 0.2) is 0 Å². The second-order valence-electron chi connectivity index (χ2n) is 4.96. The second-order valence-corrected chi connectivity index (χ2v) is 5.96. The molecule has 0 aliphatic carbocycles. The molecule has 0 radical (unpaired) electrons. The van der Waals surface area contributed by atoms with Crippen LogP contribution in [0.4, 0.5) is 5.95 Å². The molecular formula is C15H16N4S. The van der Waals surface area contributed by atoms with E-state index >= 15 is 0 Å². The van der Waals surface area contributed by atoms with E-state index in [4.69, 9.17) is 5.73 Å². The fraction of sp³-hybridized carbons (Fsp3) is 0.200. The summed E-state index contributed by atoms with van der Waals surface area (Å²) in [6.07, 6.45) is 1.86. The highest BCUT2D eigenvalue weighted by Gasteiger charge is 2.12. The van der Waals surface area contributed by atoms with Crippen molar-refractivity contribution in [1.82, 2.24) is 15.0 Å². The lowest BCUT2D eigenvalue weighted by atomic mass is 10.1. The first-order valence-corrected chi connectivity index (χ1v) is 7.22. The van der Waals surface area contributed by atoms with Crippen LogP contribution in [0.3, 0.4) is 0 Å². The Morgan fingerprint density at radius 1 is 1.10 bits per heavy atom. The molecule has 0 atom stereocenters. The van der Waals surface area contributed by atoms with Gasteiger partial charge in [-0.05, 0) is 38.0 Å². The quantitative estimate of drug-likeness (QED) is 0.705. The zero-order valence-electron chi connectivity index (χ0n) is 11.7. The topological polar surface area (TPSA) is 67.6 Å². The largest absolute Gasteiger partial charge is 0.368 e. The number of hydrogen-bond donors (Lipinski definition) is 2. The molecule has 2 heterocycles. The molecule has 0 saturated heterocycles. The number of aromatic amines is 1. The predicted octanol–water partition coefficient (Wildman–Crippen LogP) is 3.62. The average molecular weight is 284 g/mol. The van der Waals surface area contributed by atoms with E-state index in [2.05, 4.69) is 47.9 Å². The van der Waals surface area contributed by atoms with Crippen LogP contribution in [0.5, 0.6) is 0 Å². The van der Waals surface area contributed by atoms with Crippen molar-refractivity contribution in [3.05, 3.63) is 41.1 Å². The maximum absolute atomic E-state index is 5.78. The fourth-order valence-electron chi connectivity index (χ4n) is 2.43. The number of rotatable bonds is 2. The number of nitrogen functional groups attached to an aromatic ring is 1. The lowest BCUT2D eigenvalue weighted by Crippen LogP contribution is -1.97. The van der Waals surface area contributed by atoms with Gasteiger partial charge in [-0.15, -0.1) is 0 Å². The molecule has 4 nitrogen and oxygen atoms in total. The van der Waals surface area contributed by atoms with E-state index in [9.17, 15) is 0 Å². The van der Waals surface area contributed by atoms with Gasteiger partial charge in [-0.2, -0.15) is 4.98 Å². The zero-order valence-corrected chi connectivity index (χ0v) is 12.5. The van der Waals surface area contributed by atoms with Crippen LogP contribution >= 0.6 is 11.8 Å². The highest BCUT2D eigenvalue weighted by atomic mass is 32.2. The van der Waals surface area contributed by atoms with Crippen LogP contribution in [0.1, 0.15) is 16.7 Å². The van der Waals surface area contributed by atoms with Gasteiger partial charge in [0.25, 0.3) is 0 Å². The van der Waals surface area contributed by atoms with Gasteiger partial charge in [-0.25, -0.2) is 4.98 Å². The van der Waals surface area contributed by atoms with Crippen molar-refractivity contribution >= 4 is 28.7 Å². The summed E-state index contributed by atoms with van der Waals surface area (Å²) in [5, 5.41) is 1.90. The Labute approximate surface area is 121 Å². The van der Waals surface area contributed by atoms with E-state index in [1.54, 1.807) is 11.8 Å². The summed E-state index contributed by atoms with van der Waals surface area (Å²) in [5.74, 6) is 0.296. The summed E-state index contributed by atoms with van der Waals surface area (Å²) in [5.41, 5.74) is 10.4. The molecule has 0 amide bonds. The highest BCUT2D eigenvalue weighted by Crippen LogP contribution is 2.36. The Bertz CT molecular complexity index is 769. The third-order valence-electron chi connectivity index (χ3n) is 3.20. The van der Waals surface area contributed by atoms with Gasteiger partial charge in [0.05, 0.1) is 5.39 Å². The molecule has 3 rings (SSSR count). The fourth-order valence-corrected chi connectivity index (χ4v) is 3.48. The minimum atomic E-state index is 0.296. The molecule has 3 N–H and O–H groups in total. The molecule has 20 heavy (non-hydrogen) atoms. The van der Waals surface area contributed by atoms with Crippen LogP contribution in [0.25, 0.3) is 11.0 Å². The lowest BCUT2D eigenvalue weighted by Gasteiger charge is -2.11. The molecule has 2 aromatic heterocycles. The number of anilines is 1. The molecule has 0 aliphatic rings. The zero-order chi connectivity index (χ0) is 14.3. The van der Waals surface area contributed by atoms with Crippen molar-refractivity contribution < 1.29 is 0 Å². The molecule has 0 spiro atoms. The van der Waals surface area contributed by atoms with Gasteiger partial charge in [0, 0.05) is 11.1 Å². The number of benzene rings is 1. The van der Waals surface area contributed by atoms with E-state index in [1.807, 2.05) is 12.3 Å². The Morgan fingerprint density at radius 3 is 2.50 bits per heavy atom. The molecule has 0 unspecified atom stereocenters. The third-order valence-corrected chi connectivity index (χ3v) is 4.55. The van der Waals surface area contributed by atoms with Crippen molar-refractivity contribution in [2.24, 2.45) is 0 Å². The average Bonchev–Trinajstić information content (AvgIpc) is 2.81. The van der Waals surface area contributed by atoms with E-state index in [-0.39, 0.29) is 0 Å². The third kappa shape index (κ3) is 2.25. The van der Waals surface area contributed by atoms with Crippen LogP contribution < -0.4 is 5.73 Å². The SMILES string of the molecule is Cc1cc(C)c(Sc2nc(N)nc3[nH]ccc23)c(C)c1. The van der Waals surface area contributed by atoms with Crippen LogP contribution in [0.2, 0.25) is 0 Å². The summed E-state index contributed by atoms with van der Waals surface area (Å²) in [7, 11) is 0. The van der Waals surface area contributed by atoms with Crippen LogP contribution in [-0.2, 0) is 0 Å². The molecule has 5 heteroatoms. The summed E-state index contributed by atoms with van der Waals surface area (Å²) >= 11 is 1.65. The van der Waals surface area contributed by atoms with Crippen LogP contribution in [0.15, 0.2) is 34.3 Å². The van der Waals surface area contributed by atoms with Crippen LogP contribution in [0, 0.1) is 20.8 Å².